The Labute approximate surface area is 139 Å². The van der Waals surface area contributed by atoms with Gasteiger partial charge in [-0.2, -0.15) is 0 Å². The Morgan fingerprint density at radius 3 is 2.14 bits per heavy atom. The van der Waals surface area contributed by atoms with E-state index in [-0.39, 0.29) is 0 Å². The maximum absolute atomic E-state index is 11.8. The fourth-order valence-electron chi connectivity index (χ4n) is 2.93. The lowest BCUT2D eigenvalue weighted by atomic mass is 10.1. The minimum Gasteiger partial charge on any atom is -0.343 e. The van der Waals surface area contributed by atoms with E-state index in [2.05, 4.69) is 16.7 Å². The van der Waals surface area contributed by atoms with Crippen LogP contribution in [-0.2, 0) is 4.79 Å². The van der Waals surface area contributed by atoms with E-state index >= 15 is 0 Å². The van der Waals surface area contributed by atoms with Crippen molar-refractivity contribution in [1.82, 2.24) is 9.80 Å². The van der Waals surface area contributed by atoms with Crippen LogP contribution in [0.25, 0.3) is 0 Å². The molecule has 22 heavy (non-hydrogen) atoms. The molecule has 0 spiro atoms. The van der Waals surface area contributed by atoms with Crippen LogP contribution in [0.4, 0.5) is 0 Å². The van der Waals surface area contributed by atoms with Crippen molar-refractivity contribution in [3.05, 3.63) is 0 Å². The second-order valence-corrected chi connectivity index (χ2v) is 6.05. The van der Waals surface area contributed by atoms with Gasteiger partial charge in [0, 0.05) is 19.5 Å². The predicted molar refractivity (Wildman–Crippen MR) is 97.3 cm³/mol. The van der Waals surface area contributed by atoms with E-state index in [1.54, 1.807) is 0 Å². The van der Waals surface area contributed by atoms with Gasteiger partial charge in [0.05, 0.1) is 0 Å². The monoisotopic (exact) mass is 312 g/mol. The largest absolute Gasteiger partial charge is 0.343 e. The van der Waals surface area contributed by atoms with Crippen LogP contribution in [0, 0.1) is 0 Å². The third kappa shape index (κ3) is 10.2. The van der Waals surface area contributed by atoms with Gasteiger partial charge in [-0.15, -0.1) is 0 Å². The zero-order valence-corrected chi connectivity index (χ0v) is 15.7. The van der Waals surface area contributed by atoms with Crippen LogP contribution in [-0.4, -0.2) is 48.4 Å². The standard InChI is InChI=1S/C17H34N2O.C2H6/c1-3-5-15-19(17(20)4-2)16-11-7-10-14-18-12-8-6-9-13-18;1-2/h3-16H2,1-2H3;1-2H3. The topological polar surface area (TPSA) is 23.6 Å². The lowest BCUT2D eigenvalue weighted by Gasteiger charge is -2.26. The summed E-state index contributed by atoms with van der Waals surface area (Å²) in [7, 11) is 0. The quantitative estimate of drug-likeness (QED) is 0.546. The highest BCUT2D eigenvalue weighted by Gasteiger charge is 2.11. The molecular weight excluding hydrogens is 272 g/mol. The van der Waals surface area contributed by atoms with E-state index < -0.39 is 0 Å². The van der Waals surface area contributed by atoms with Gasteiger partial charge in [-0.3, -0.25) is 4.79 Å². The van der Waals surface area contributed by atoms with E-state index in [9.17, 15) is 4.79 Å². The summed E-state index contributed by atoms with van der Waals surface area (Å²) in [6.45, 7) is 13.9. The number of rotatable bonds is 10. The lowest BCUT2D eigenvalue weighted by molar-refractivity contribution is -0.131. The van der Waals surface area contributed by atoms with Gasteiger partial charge >= 0.3 is 0 Å². The average molecular weight is 313 g/mol. The normalized spacial score (nSPS) is 15.1. The molecular formula is C19H40N2O. The number of hydrogen-bond acceptors (Lipinski definition) is 2. The van der Waals surface area contributed by atoms with Crippen molar-refractivity contribution in [2.75, 3.05) is 32.7 Å². The van der Waals surface area contributed by atoms with E-state index in [1.165, 1.54) is 64.6 Å². The minimum atomic E-state index is 0.328. The second-order valence-electron chi connectivity index (χ2n) is 6.05. The molecule has 3 heteroatoms. The van der Waals surface area contributed by atoms with Crippen molar-refractivity contribution in [2.45, 2.75) is 85.5 Å². The molecule has 0 atom stereocenters. The van der Waals surface area contributed by atoms with Crippen LogP contribution < -0.4 is 0 Å². The highest BCUT2D eigenvalue weighted by atomic mass is 16.2. The van der Waals surface area contributed by atoms with Gasteiger partial charge in [-0.05, 0) is 51.7 Å². The van der Waals surface area contributed by atoms with Crippen molar-refractivity contribution in [3.63, 3.8) is 0 Å². The minimum absolute atomic E-state index is 0.328. The van der Waals surface area contributed by atoms with Crippen molar-refractivity contribution >= 4 is 5.91 Å². The summed E-state index contributed by atoms with van der Waals surface area (Å²) in [6, 6.07) is 0. The van der Waals surface area contributed by atoms with Crippen LogP contribution in [0.1, 0.15) is 85.5 Å². The summed E-state index contributed by atoms with van der Waals surface area (Å²) in [4.78, 5) is 16.5. The Bertz CT molecular complexity index is 250. The van der Waals surface area contributed by atoms with Gasteiger partial charge in [-0.25, -0.2) is 0 Å². The third-order valence-electron chi connectivity index (χ3n) is 4.29. The number of carbonyl (C=O) groups is 1. The molecule has 3 nitrogen and oxygen atoms in total. The Balaban J connectivity index is 0.00000211. The molecule has 0 aliphatic carbocycles. The maximum atomic E-state index is 11.8. The average Bonchev–Trinajstić information content (AvgIpc) is 2.59. The van der Waals surface area contributed by atoms with Crippen molar-refractivity contribution < 1.29 is 4.79 Å². The summed E-state index contributed by atoms with van der Waals surface area (Å²) < 4.78 is 0. The summed E-state index contributed by atoms with van der Waals surface area (Å²) in [5.41, 5.74) is 0. The predicted octanol–water partition coefficient (Wildman–Crippen LogP) is 4.71. The van der Waals surface area contributed by atoms with Crippen LogP contribution in [0.15, 0.2) is 0 Å². The van der Waals surface area contributed by atoms with Crippen LogP contribution in [0.3, 0.4) is 0 Å². The zero-order chi connectivity index (χ0) is 16.6. The van der Waals surface area contributed by atoms with E-state index in [4.69, 9.17) is 0 Å². The number of carbonyl (C=O) groups excluding carboxylic acids is 1. The Morgan fingerprint density at radius 2 is 1.55 bits per heavy atom. The highest BCUT2D eigenvalue weighted by Crippen LogP contribution is 2.10. The molecule has 1 heterocycles. The van der Waals surface area contributed by atoms with Crippen LogP contribution in [0.5, 0.6) is 0 Å². The molecule has 1 aliphatic rings. The van der Waals surface area contributed by atoms with Crippen molar-refractivity contribution in [3.8, 4) is 0 Å². The Kier molecular flexibility index (Phi) is 14.9. The van der Waals surface area contributed by atoms with Gasteiger partial charge in [0.15, 0.2) is 0 Å². The van der Waals surface area contributed by atoms with Crippen molar-refractivity contribution in [1.29, 1.82) is 0 Å². The Morgan fingerprint density at radius 1 is 0.909 bits per heavy atom. The molecule has 0 aromatic heterocycles. The van der Waals surface area contributed by atoms with E-state index in [0.29, 0.717) is 12.3 Å². The van der Waals surface area contributed by atoms with E-state index in [0.717, 1.165) is 19.5 Å². The fourth-order valence-corrected chi connectivity index (χ4v) is 2.93. The molecule has 1 fully saturated rings. The number of amides is 1. The van der Waals surface area contributed by atoms with Crippen molar-refractivity contribution in [2.24, 2.45) is 0 Å². The lowest BCUT2D eigenvalue weighted by Crippen LogP contribution is -2.32. The summed E-state index contributed by atoms with van der Waals surface area (Å²) >= 11 is 0. The molecule has 1 saturated heterocycles. The van der Waals surface area contributed by atoms with Gasteiger partial charge in [0.25, 0.3) is 0 Å². The molecule has 0 bridgehead atoms. The molecule has 0 radical (unpaired) electrons. The summed E-state index contributed by atoms with van der Waals surface area (Å²) in [5, 5.41) is 0. The first-order chi connectivity index (χ1) is 10.8. The first kappa shape index (κ1) is 21.4. The molecule has 0 aromatic carbocycles. The first-order valence-corrected chi connectivity index (χ1v) is 9.78. The number of piperidine rings is 1. The number of likely N-dealkylation sites (tertiary alicyclic amines) is 1. The van der Waals surface area contributed by atoms with E-state index in [1.807, 2.05) is 20.8 Å². The second kappa shape index (κ2) is 15.3. The summed E-state index contributed by atoms with van der Waals surface area (Å²) in [5.74, 6) is 0.328. The smallest absolute Gasteiger partial charge is 0.222 e. The third-order valence-corrected chi connectivity index (χ3v) is 4.29. The first-order valence-electron chi connectivity index (χ1n) is 9.78. The molecule has 0 saturated carbocycles. The van der Waals surface area contributed by atoms with Gasteiger partial charge in [-0.1, -0.05) is 47.0 Å². The zero-order valence-electron chi connectivity index (χ0n) is 15.7. The van der Waals surface area contributed by atoms with Gasteiger partial charge < -0.3 is 9.80 Å². The number of unbranched alkanes of at least 4 members (excludes halogenated alkanes) is 3. The van der Waals surface area contributed by atoms with Crippen LogP contribution >= 0.6 is 0 Å². The molecule has 1 amide bonds. The van der Waals surface area contributed by atoms with Crippen LogP contribution in [0.2, 0.25) is 0 Å². The Hall–Kier alpha value is -0.570. The number of nitrogens with zero attached hydrogens (tertiary/aromatic N) is 2. The SMILES string of the molecule is CC.CCCCN(CCCCCN1CCCCC1)C(=O)CC. The van der Waals surface area contributed by atoms with Gasteiger partial charge in [0.1, 0.15) is 0 Å². The maximum Gasteiger partial charge on any atom is 0.222 e. The summed E-state index contributed by atoms with van der Waals surface area (Å²) in [6.07, 6.45) is 10.9. The molecule has 132 valence electrons. The molecule has 0 unspecified atom stereocenters. The molecule has 0 aromatic rings. The molecule has 1 aliphatic heterocycles. The molecule has 1 rings (SSSR count). The molecule has 0 N–H and O–H groups in total. The highest BCUT2D eigenvalue weighted by molar-refractivity contribution is 5.75. The number of hydrogen-bond donors (Lipinski definition) is 0. The van der Waals surface area contributed by atoms with Gasteiger partial charge in [0.2, 0.25) is 5.91 Å². The fraction of sp³-hybridized carbons (Fsp3) is 0.947.